The Morgan fingerprint density at radius 3 is 2.82 bits per heavy atom. The van der Waals surface area contributed by atoms with Crippen molar-refractivity contribution >= 4 is 11.8 Å². The second-order valence-corrected chi connectivity index (χ2v) is 2.37. The van der Waals surface area contributed by atoms with Crippen LogP contribution in [0, 0.1) is 0 Å². The molecule has 3 radical (unpaired) electrons. The molecule has 1 N–H and O–H groups in total. The molecule has 0 unspecified atom stereocenters. The number of anilines is 1. The van der Waals surface area contributed by atoms with Crippen molar-refractivity contribution in [3.63, 3.8) is 0 Å². The zero-order valence-electron chi connectivity index (χ0n) is 6.12. The molecule has 0 saturated heterocycles. The molecule has 0 bridgehead atoms. The van der Waals surface area contributed by atoms with E-state index in [0.29, 0.717) is 0 Å². The Balaban J connectivity index is 0.000000605. The zero-order chi connectivity index (χ0) is 6.81. The van der Waals surface area contributed by atoms with Gasteiger partial charge in [0.15, 0.2) is 0 Å². The first-order chi connectivity index (χ1) is 4.97. The quantitative estimate of drug-likeness (QED) is 0.592. The van der Waals surface area contributed by atoms with E-state index < -0.39 is 0 Å². The SMILES string of the molecule is C1=Cc2ccccc2NC1.[N]. The van der Waals surface area contributed by atoms with Crippen LogP contribution in [0.4, 0.5) is 5.69 Å². The molecule has 0 amide bonds. The van der Waals surface area contributed by atoms with Crippen molar-refractivity contribution in [2.45, 2.75) is 0 Å². The van der Waals surface area contributed by atoms with Gasteiger partial charge in [0.2, 0.25) is 0 Å². The molecule has 0 aliphatic carbocycles. The lowest BCUT2D eigenvalue weighted by molar-refractivity contribution is 1.31. The smallest absolute Gasteiger partial charge is 0.0416 e. The molecular weight excluding hydrogens is 136 g/mol. The van der Waals surface area contributed by atoms with Gasteiger partial charge in [0.05, 0.1) is 0 Å². The van der Waals surface area contributed by atoms with Crippen LogP contribution in [0.15, 0.2) is 30.3 Å². The van der Waals surface area contributed by atoms with E-state index in [1.54, 1.807) is 0 Å². The number of rotatable bonds is 0. The predicted octanol–water partition coefficient (Wildman–Crippen LogP) is 1.64. The van der Waals surface area contributed by atoms with Gasteiger partial charge in [-0.1, -0.05) is 30.4 Å². The number of nitrogens with zero attached hydrogens (tertiary/aromatic N) is 1. The molecular formula is C9H9N2. The minimum absolute atomic E-state index is 0. The number of fused-ring (bicyclic) bond motifs is 1. The van der Waals surface area contributed by atoms with Gasteiger partial charge in [0.25, 0.3) is 0 Å². The molecule has 2 heteroatoms. The van der Waals surface area contributed by atoms with Crippen LogP contribution in [0.1, 0.15) is 5.56 Å². The van der Waals surface area contributed by atoms with Crippen molar-refractivity contribution < 1.29 is 0 Å². The highest BCUT2D eigenvalue weighted by Gasteiger charge is 1.98. The van der Waals surface area contributed by atoms with Gasteiger partial charge in [0, 0.05) is 18.4 Å². The lowest BCUT2D eigenvalue weighted by Crippen LogP contribution is -2.03. The molecule has 0 aromatic heterocycles. The van der Waals surface area contributed by atoms with Gasteiger partial charge in [-0.3, -0.25) is 0 Å². The van der Waals surface area contributed by atoms with Crippen molar-refractivity contribution in [3.8, 4) is 0 Å². The van der Waals surface area contributed by atoms with Crippen molar-refractivity contribution in [1.82, 2.24) is 6.15 Å². The van der Waals surface area contributed by atoms with Crippen LogP contribution in [0.2, 0.25) is 0 Å². The van der Waals surface area contributed by atoms with Gasteiger partial charge in [0.1, 0.15) is 0 Å². The van der Waals surface area contributed by atoms with Gasteiger partial charge >= 0.3 is 0 Å². The summed E-state index contributed by atoms with van der Waals surface area (Å²) in [7, 11) is 0. The molecule has 2 rings (SSSR count). The molecule has 0 atom stereocenters. The number of para-hydroxylation sites is 1. The molecule has 1 aliphatic heterocycles. The Morgan fingerprint density at radius 1 is 1.18 bits per heavy atom. The Morgan fingerprint density at radius 2 is 2.00 bits per heavy atom. The Labute approximate surface area is 66.5 Å². The Bertz CT molecular complexity index is 266. The normalized spacial score (nSPS) is 12.7. The van der Waals surface area contributed by atoms with Gasteiger partial charge in [-0.15, -0.1) is 0 Å². The van der Waals surface area contributed by atoms with Gasteiger partial charge in [-0.25, -0.2) is 0 Å². The Hall–Kier alpha value is -1.28. The van der Waals surface area contributed by atoms with E-state index >= 15 is 0 Å². The van der Waals surface area contributed by atoms with Crippen LogP contribution in [0.5, 0.6) is 0 Å². The average molecular weight is 145 g/mol. The summed E-state index contributed by atoms with van der Waals surface area (Å²) in [4.78, 5) is 0. The van der Waals surface area contributed by atoms with Gasteiger partial charge in [-0.05, 0) is 11.6 Å². The maximum Gasteiger partial charge on any atom is 0.0416 e. The van der Waals surface area contributed by atoms with E-state index in [9.17, 15) is 0 Å². The highest BCUT2D eigenvalue weighted by molar-refractivity contribution is 5.69. The summed E-state index contributed by atoms with van der Waals surface area (Å²) in [6.07, 6.45) is 4.27. The maximum atomic E-state index is 3.28. The first kappa shape index (κ1) is 7.82. The van der Waals surface area contributed by atoms with Crippen LogP contribution >= 0.6 is 0 Å². The molecule has 0 fully saturated rings. The minimum atomic E-state index is 0. The third-order valence-corrected chi connectivity index (χ3v) is 1.67. The predicted molar refractivity (Wildman–Crippen MR) is 46.1 cm³/mol. The van der Waals surface area contributed by atoms with Crippen molar-refractivity contribution in [2.24, 2.45) is 0 Å². The van der Waals surface area contributed by atoms with Crippen molar-refractivity contribution in [2.75, 3.05) is 11.9 Å². The summed E-state index contributed by atoms with van der Waals surface area (Å²) >= 11 is 0. The summed E-state index contributed by atoms with van der Waals surface area (Å²) < 4.78 is 0. The molecule has 55 valence electrons. The molecule has 0 saturated carbocycles. The number of hydrogen-bond donors (Lipinski definition) is 1. The summed E-state index contributed by atoms with van der Waals surface area (Å²) in [6, 6.07) is 8.30. The monoisotopic (exact) mass is 145 g/mol. The van der Waals surface area contributed by atoms with Crippen LogP contribution in [0.25, 0.3) is 6.08 Å². The lowest BCUT2D eigenvalue weighted by Gasteiger charge is -2.11. The third kappa shape index (κ3) is 1.41. The topological polar surface area (TPSA) is 42.5 Å². The zero-order valence-corrected chi connectivity index (χ0v) is 6.12. The van der Waals surface area contributed by atoms with Gasteiger partial charge in [-0.2, -0.15) is 0 Å². The molecule has 2 nitrogen and oxygen atoms in total. The van der Waals surface area contributed by atoms with Crippen LogP contribution in [-0.2, 0) is 0 Å². The van der Waals surface area contributed by atoms with Crippen LogP contribution in [0.3, 0.4) is 0 Å². The van der Waals surface area contributed by atoms with Crippen molar-refractivity contribution in [3.05, 3.63) is 35.9 Å². The van der Waals surface area contributed by atoms with Gasteiger partial charge < -0.3 is 5.32 Å². The van der Waals surface area contributed by atoms with E-state index in [0.717, 1.165) is 6.54 Å². The molecule has 1 aromatic rings. The molecule has 1 aliphatic rings. The summed E-state index contributed by atoms with van der Waals surface area (Å²) in [5.74, 6) is 0. The van der Waals surface area contributed by atoms with E-state index in [1.807, 2.05) is 6.07 Å². The second kappa shape index (κ2) is 3.21. The summed E-state index contributed by atoms with van der Waals surface area (Å²) in [6.45, 7) is 0.955. The fraction of sp³-hybridized carbons (Fsp3) is 0.111. The molecule has 1 heterocycles. The molecule has 1 aromatic carbocycles. The summed E-state index contributed by atoms with van der Waals surface area (Å²) in [5.41, 5.74) is 2.53. The standard InChI is InChI=1S/C9H9N.N/c1-2-6-9-8(4-1)5-3-7-10-9;/h1-6,10H,7H2;. The highest BCUT2D eigenvalue weighted by atomic mass is 14.9. The lowest BCUT2D eigenvalue weighted by atomic mass is 10.1. The third-order valence-electron chi connectivity index (χ3n) is 1.67. The number of nitrogens with one attached hydrogen (secondary N) is 1. The Kier molecular flexibility index (Phi) is 2.28. The number of benzene rings is 1. The maximum absolute atomic E-state index is 3.28. The van der Waals surface area contributed by atoms with E-state index in [2.05, 4.69) is 35.7 Å². The van der Waals surface area contributed by atoms with Crippen LogP contribution in [-0.4, -0.2) is 6.54 Å². The van der Waals surface area contributed by atoms with E-state index in [4.69, 9.17) is 0 Å². The van der Waals surface area contributed by atoms with Crippen molar-refractivity contribution in [1.29, 1.82) is 0 Å². The molecule has 11 heavy (non-hydrogen) atoms. The highest BCUT2D eigenvalue weighted by Crippen LogP contribution is 2.18. The largest absolute Gasteiger partial charge is 0.381 e. The minimum Gasteiger partial charge on any atom is -0.381 e. The first-order valence-electron chi connectivity index (χ1n) is 3.46. The first-order valence-corrected chi connectivity index (χ1v) is 3.46. The average Bonchev–Trinajstić information content (AvgIpc) is 2.05. The van der Waals surface area contributed by atoms with E-state index in [-0.39, 0.29) is 6.15 Å². The fourth-order valence-electron chi connectivity index (χ4n) is 1.16. The fourth-order valence-corrected chi connectivity index (χ4v) is 1.16. The second-order valence-electron chi connectivity index (χ2n) is 2.37. The number of hydrogen-bond acceptors (Lipinski definition) is 1. The van der Waals surface area contributed by atoms with Crippen LogP contribution < -0.4 is 11.5 Å². The summed E-state index contributed by atoms with van der Waals surface area (Å²) in [5, 5.41) is 3.28. The molecule has 0 spiro atoms. The van der Waals surface area contributed by atoms with E-state index in [1.165, 1.54) is 11.3 Å².